The van der Waals surface area contributed by atoms with Gasteiger partial charge in [-0.1, -0.05) is 51.1 Å². The molecule has 196 valence electrons. The number of hydrogen-bond acceptors (Lipinski definition) is 3. The van der Waals surface area contributed by atoms with E-state index in [0.29, 0.717) is 12.7 Å². The van der Waals surface area contributed by atoms with Crippen molar-refractivity contribution in [1.82, 2.24) is 4.57 Å². The Balaban J connectivity index is 1.51. The van der Waals surface area contributed by atoms with Crippen molar-refractivity contribution in [2.45, 2.75) is 64.9 Å². The van der Waals surface area contributed by atoms with Crippen LogP contribution in [0.1, 0.15) is 64.6 Å². The van der Waals surface area contributed by atoms with Crippen molar-refractivity contribution in [3.05, 3.63) is 90.1 Å². The Kier molecular flexibility index (Phi) is 7.42. The van der Waals surface area contributed by atoms with E-state index >= 15 is 0 Å². The van der Waals surface area contributed by atoms with Crippen LogP contribution in [0.5, 0.6) is 5.75 Å². The van der Waals surface area contributed by atoms with Gasteiger partial charge in [-0.05, 0) is 103 Å². The predicted molar refractivity (Wildman–Crippen MR) is 156 cm³/mol. The summed E-state index contributed by atoms with van der Waals surface area (Å²) in [5.41, 5.74) is 6.80. The van der Waals surface area contributed by atoms with E-state index < -0.39 is 0 Å². The topological polar surface area (TPSA) is 40.5 Å². The molecule has 0 unspecified atom stereocenters. The maximum absolute atomic E-state index is 12.1. The lowest BCUT2D eigenvalue weighted by atomic mass is 9.86. The molecule has 5 rings (SSSR count). The van der Waals surface area contributed by atoms with E-state index in [4.69, 9.17) is 9.47 Å². The fourth-order valence-electron chi connectivity index (χ4n) is 5.21. The van der Waals surface area contributed by atoms with Crippen molar-refractivity contribution in [3.8, 4) is 22.6 Å². The first-order valence-electron chi connectivity index (χ1n) is 13.7. The summed E-state index contributed by atoms with van der Waals surface area (Å²) in [5, 5.41) is 1.11. The highest BCUT2D eigenvalue weighted by Crippen LogP contribution is 2.32. The monoisotopic (exact) mass is 507 g/mol. The molecule has 1 aliphatic rings. The number of nitrogens with zero attached hydrogens (tertiary/aromatic N) is 1. The van der Waals surface area contributed by atoms with E-state index in [1.165, 1.54) is 30.0 Å². The highest BCUT2D eigenvalue weighted by Gasteiger charge is 2.17. The lowest BCUT2D eigenvalue weighted by Crippen LogP contribution is -2.10. The molecule has 4 aromatic rings. The predicted octanol–water partition coefficient (Wildman–Crippen LogP) is 8.49. The van der Waals surface area contributed by atoms with Gasteiger partial charge >= 0.3 is 5.97 Å². The minimum absolute atomic E-state index is 0.123. The zero-order chi connectivity index (χ0) is 26.7. The van der Waals surface area contributed by atoms with Crippen LogP contribution in [0.3, 0.4) is 0 Å². The highest BCUT2D eigenvalue weighted by atomic mass is 16.5. The smallest absolute Gasteiger partial charge is 0.330 e. The maximum atomic E-state index is 12.1. The highest BCUT2D eigenvalue weighted by molar-refractivity contribution is 5.92. The molecule has 1 aliphatic carbocycles. The Labute approximate surface area is 225 Å². The summed E-state index contributed by atoms with van der Waals surface area (Å²) in [6, 6.07) is 25.8. The van der Waals surface area contributed by atoms with Gasteiger partial charge in [-0.15, -0.1) is 0 Å². The van der Waals surface area contributed by atoms with E-state index in [2.05, 4.69) is 86.0 Å². The fraction of sp³-hybridized carbons (Fsp3) is 0.324. The number of benzene rings is 3. The third kappa shape index (κ3) is 5.70. The normalized spacial score (nSPS) is 14.4. The number of hydrogen-bond donors (Lipinski definition) is 0. The SMILES string of the molecule is CCOC(=O)C=Cc1cc2cc(-c3ccc(C(C)(C)C)cc3)ccc2n1-c1ccc(OC2CCCC2)cc1. The summed E-state index contributed by atoms with van der Waals surface area (Å²) in [7, 11) is 0. The van der Waals surface area contributed by atoms with E-state index in [1.807, 2.05) is 25.1 Å². The van der Waals surface area contributed by atoms with Gasteiger partial charge in [-0.25, -0.2) is 4.79 Å². The van der Waals surface area contributed by atoms with Gasteiger partial charge in [0.05, 0.1) is 18.2 Å². The molecule has 3 aromatic carbocycles. The third-order valence-corrected chi connectivity index (χ3v) is 7.29. The van der Waals surface area contributed by atoms with E-state index in [9.17, 15) is 4.79 Å². The Morgan fingerprint density at radius 2 is 1.61 bits per heavy atom. The lowest BCUT2D eigenvalue weighted by Gasteiger charge is -2.19. The van der Waals surface area contributed by atoms with Gasteiger partial charge in [0.2, 0.25) is 0 Å². The summed E-state index contributed by atoms with van der Waals surface area (Å²) >= 11 is 0. The molecule has 0 radical (unpaired) electrons. The van der Waals surface area contributed by atoms with E-state index in [1.54, 1.807) is 0 Å². The first-order valence-corrected chi connectivity index (χ1v) is 13.7. The molecular formula is C34H37NO3. The lowest BCUT2D eigenvalue weighted by molar-refractivity contribution is -0.137. The molecule has 0 bridgehead atoms. The molecule has 4 nitrogen and oxygen atoms in total. The second-order valence-electron chi connectivity index (χ2n) is 11.1. The Hall–Kier alpha value is -3.79. The van der Waals surface area contributed by atoms with Crippen LogP contribution in [0.25, 0.3) is 33.8 Å². The summed E-state index contributed by atoms with van der Waals surface area (Å²) in [6.45, 7) is 8.86. The van der Waals surface area contributed by atoms with Gasteiger partial charge in [-0.3, -0.25) is 0 Å². The van der Waals surface area contributed by atoms with Crippen LogP contribution < -0.4 is 4.74 Å². The average molecular weight is 508 g/mol. The molecule has 4 heteroatoms. The minimum Gasteiger partial charge on any atom is -0.490 e. The van der Waals surface area contributed by atoms with Crippen LogP contribution in [-0.2, 0) is 14.9 Å². The number of fused-ring (bicyclic) bond motifs is 1. The Morgan fingerprint density at radius 1 is 0.921 bits per heavy atom. The fourth-order valence-corrected chi connectivity index (χ4v) is 5.21. The van der Waals surface area contributed by atoms with Gasteiger partial charge in [0, 0.05) is 22.8 Å². The molecule has 0 spiro atoms. The molecule has 0 amide bonds. The molecule has 1 fully saturated rings. The first kappa shape index (κ1) is 25.8. The van der Waals surface area contributed by atoms with Gasteiger partial charge in [0.1, 0.15) is 5.75 Å². The van der Waals surface area contributed by atoms with Gasteiger partial charge in [-0.2, -0.15) is 0 Å². The van der Waals surface area contributed by atoms with E-state index in [-0.39, 0.29) is 11.4 Å². The van der Waals surface area contributed by atoms with Crippen LogP contribution in [0, 0.1) is 0 Å². The van der Waals surface area contributed by atoms with Crippen molar-refractivity contribution < 1.29 is 14.3 Å². The molecular weight excluding hydrogens is 470 g/mol. The van der Waals surface area contributed by atoms with Gasteiger partial charge in [0.25, 0.3) is 0 Å². The first-order chi connectivity index (χ1) is 18.3. The minimum atomic E-state index is -0.343. The standard InChI is InChI=1S/C34H37NO3/c1-5-37-33(36)21-17-29-23-26-22-25(24-10-13-27(14-11-24)34(2,3)4)12-20-32(26)35(29)28-15-18-31(19-16-28)38-30-8-6-7-9-30/h10-23,30H,5-9H2,1-4H3. The van der Waals surface area contributed by atoms with Crippen molar-refractivity contribution in [1.29, 1.82) is 0 Å². The van der Waals surface area contributed by atoms with Crippen molar-refractivity contribution in [2.24, 2.45) is 0 Å². The quantitative estimate of drug-likeness (QED) is 0.186. The zero-order valence-electron chi connectivity index (χ0n) is 22.9. The molecule has 1 aromatic heterocycles. The van der Waals surface area contributed by atoms with Crippen molar-refractivity contribution >= 4 is 22.9 Å². The number of ether oxygens (including phenoxy) is 2. The Bertz CT molecular complexity index is 1430. The van der Waals surface area contributed by atoms with E-state index in [0.717, 1.165) is 46.4 Å². The molecule has 38 heavy (non-hydrogen) atoms. The van der Waals surface area contributed by atoms with Crippen LogP contribution >= 0.6 is 0 Å². The van der Waals surface area contributed by atoms with Crippen LogP contribution in [-0.4, -0.2) is 23.2 Å². The Morgan fingerprint density at radius 3 is 2.26 bits per heavy atom. The average Bonchev–Trinajstić information content (AvgIpc) is 3.55. The second kappa shape index (κ2) is 10.9. The van der Waals surface area contributed by atoms with Crippen LogP contribution in [0.2, 0.25) is 0 Å². The maximum Gasteiger partial charge on any atom is 0.330 e. The molecule has 1 heterocycles. The molecule has 0 N–H and O–H groups in total. The summed E-state index contributed by atoms with van der Waals surface area (Å²) in [6.07, 6.45) is 8.42. The van der Waals surface area contributed by atoms with Gasteiger partial charge in [0.15, 0.2) is 0 Å². The zero-order valence-corrected chi connectivity index (χ0v) is 22.9. The van der Waals surface area contributed by atoms with Crippen molar-refractivity contribution in [3.63, 3.8) is 0 Å². The second-order valence-corrected chi connectivity index (χ2v) is 11.1. The van der Waals surface area contributed by atoms with Gasteiger partial charge < -0.3 is 14.0 Å². The van der Waals surface area contributed by atoms with Crippen LogP contribution in [0.4, 0.5) is 0 Å². The summed E-state index contributed by atoms with van der Waals surface area (Å²) in [4.78, 5) is 12.1. The third-order valence-electron chi connectivity index (χ3n) is 7.29. The van der Waals surface area contributed by atoms with Crippen LogP contribution in [0.15, 0.2) is 78.9 Å². The number of esters is 1. The largest absolute Gasteiger partial charge is 0.490 e. The number of carbonyl (C=O) groups is 1. The molecule has 0 atom stereocenters. The number of carbonyl (C=O) groups excluding carboxylic acids is 1. The van der Waals surface area contributed by atoms with Crippen molar-refractivity contribution in [2.75, 3.05) is 6.61 Å². The summed E-state index contributed by atoms with van der Waals surface area (Å²) < 4.78 is 13.5. The molecule has 0 aliphatic heterocycles. The molecule has 1 saturated carbocycles. The molecule has 0 saturated heterocycles. The number of aromatic nitrogens is 1. The number of rotatable bonds is 7. The summed E-state index contributed by atoms with van der Waals surface area (Å²) in [5.74, 6) is 0.561.